The second kappa shape index (κ2) is 5.31. The third kappa shape index (κ3) is 3.18. The topological polar surface area (TPSA) is 32.3 Å². The van der Waals surface area contributed by atoms with Gasteiger partial charge in [0.15, 0.2) is 0 Å². The molecule has 0 bridgehead atoms. The Bertz CT molecular complexity index is 191. The molecule has 2 nitrogen and oxygen atoms in total. The van der Waals surface area contributed by atoms with Crippen molar-refractivity contribution in [2.45, 2.75) is 64.0 Å². The summed E-state index contributed by atoms with van der Waals surface area (Å²) < 4.78 is 0. The molecule has 2 N–H and O–H groups in total. The van der Waals surface area contributed by atoms with Crippen molar-refractivity contribution in [1.82, 2.24) is 5.32 Å². The van der Waals surface area contributed by atoms with Gasteiger partial charge in [-0.1, -0.05) is 19.8 Å². The molecule has 0 aromatic rings. The fraction of sp³-hybridized carbons (Fsp3) is 1.00. The normalized spacial score (nSPS) is 34.0. The predicted octanol–water partition coefficient (Wildman–Crippen LogP) is 2.32. The van der Waals surface area contributed by atoms with Crippen molar-refractivity contribution in [2.24, 2.45) is 11.8 Å². The van der Waals surface area contributed by atoms with Crippen LogP contribution in [0.15, 0.2) is 0 Å². The van der Waals surface area contributed by atoms with E-state index in [9.17, 15) is 5.11 Å². The Balaban J connectivity index is 1.70. The number of hydrogen-bond acceptors (Lipinski definition) is 2. The van der Waals surface area contributed by atoms with Crippen molar-refractivity contribution in [3.8, 4) is 0 Å². The zero-order valence-electron chi connectivity index (χ0n) is 9.91. The van der Waals surface area contributed by atoms with E-state index in [-0.39, 0.29) is 6.10 Å². The van der Waals surface area contributed by atoms with Crippen molar-refractivity contribution < 1.29 is 5.11 Å². The number of rotatable bonds is 5. The Hall–Kier alpha value is -0.0800. The minimum absolute atomic E-state index is 0.0389. The van der Waals surface area contributed by atoms with Gasteiger partial charge in [-0.3, -0.25) is 0 Å². The van der Waals surface area contributed by atoms with E-state index < -0.39 is 0 Å². The van der Waals surface area contributed by atoms with Crippen LogP contribution in [0.5, 0.6) is 0 Å². The molecular formula is C13H25NO. The van der Waals surface area contributed by atoms with E-state index in [0.29, 0.717) is 5.92 Å². The van der Waals surface area contributed by atoms with Gasteiger partial charge in [0.2, 0.25) is 0 Å². The Morgan fingerprint density at radius 1 is 1.20 bits per heavy atom. The molecule has 0 amide bonds. The molecule has 0 heterocycles. The van der Waals surface area contributed by atoms with Crippen LogP contribution in [-0.2, 0) is 0 Å². The summed E-state index contributed by atoms with van der Waals surface area (Å²) in [6.07, 6.45) is 8.80. The highest BCUT2D eigenvalue weighted by Gasteiger charge is 2.31. The van der Waals surface area contributed by atoms with Gasteiger partial charge >= 0.3 is 0 Å². The van der Waals surface area contributed by atoms with Crippen molar-refractivity contribution in [3.05, 3.63) is 0 Å². The lowest BCUT2D eigenvalue weighted by molar-refractivity contribution is 0.0675. The number of aliphatic hydroxyl groups is 1. The maximum absolute atomic E-state index is 9.87. The molecule has 2 fully saturated rings. The first kappa shape index (κ1) is 11.4. The van der Waals surface area contributed by atoms with Gasteiger partial charge < -0.3 is 10.4 Å². The lowest BCUT2D eigenvalue weighted by atomic mass is 9.86. The van der Waals surface area contributed by atoms with Gasteiger partial charge in [-0.15, -0.1) is 0 Å². The highest BCUT2D eigenvalue weighted by molar-refractivity contribution is 4.87. The summed E-state index contributed by atoms with van der Waals surface area (Å²) in [5.74, 6) is 1.46. The van der Waals surface area contributed by atoms with Gasteiger partial charge in [0.25, 0.3) is 0 Å². The molecule has 0 aromatic heterocycles. The van der Waals surface area contributed by atoms with Gasteiger partial charge in [0.05, 0.1) is 6.10 Å². The smallest absolute Gasteiger partial charge is 0.0580 e. The molecular weight excluding hydrogens is 186 g/mol. The largest absolute Gasteiger partial charge is 0.393 e. The van der Waals surface area contributed by atoms with Crippen LogP contribution in [0.25, 0.3) is 0 Å². The maximum atomic E-state index is 9.87. The summed E-state index contributed by atoms with van der Waals surface area (Å²) in [7, 11) is 0. The van der Waals surface area contributed by atoms with Gasteiger partial charge in [-0.05, 0) is 43.9 Å². The van der Waals surface area contributed by atoms with E-state index in [2.05, 4.69) is 12.2 Å². The highest BCUT2D eigenvalue weighted by Crippen LogP contribution is 2.34. The van der Waals surface area contributed by atoms with Crippen LogP contribution in [0.2, 0.25) is 0 Å². The molecule has 0 radical (unpaired) electrons. The minimum Gasteiger partial charge on any atom is -0.393 e. The summed E-state index contributed by atoms with van der Waals surface area (Å²) >= 11 is 0. The summed E-state index contributed by atoms with van der Waals surface area (Å²) in [5, 5.41) is 13.5. The lowest BCUT2D eigenvalue weighted by Crippen LogP contribution is -2.39. The van der Waals surface area contributed by atoms with Crippen molar-refractivity contribution in [3.63, 3.8) is 0 Å². The molecule has 0 spiro atoms. The molecule has 2 heteroatoms. The van der Waals surface area contributed by atoms with Crippen molar-refractivity contribution in [1.29, 1.82) is 0 Å². The fourth-order valence-electron chi connectivity index (χ4n) is 2.87. The zero-order valence-corrected chi connectivity index (χ0v) is 9.91. The minimum atomic E-state index is -0.0389. The van der Waals surface area contributed by atoms with E-state index in [0.717, 1.165) is 24.9 Å². The van der Waals surface area contributed by atoms with Crippen LogP contribution >= 0.6 is 0 Å². The monoisotopic (exact) mass is 211 g/mol. The van der Waals surface area contributed by atoms with Crippen LogP contribution in [0.1, 0.15) is 51.9 Å². The molecule has 2 aliphatic carbocycles. The van der Waals surface area contributed by atoms with Crippen molar-refractivity contribution in [2.75, 3.05) is 6.54 Å². The standard InChI is InChI=1S/C13H25NO/c1-2-12(10-7-8-10)14-9-11-5-3-4-6-13(11)15/h10-15H,2-9H2,1H3. The highest BCUT2D eigenvalue weighted by atomic mass is 16.3. The summed E-state index contributed by atoms with van der Waals surface area (Å²) in [6.45, 7) is 3.31. The van der Waals surface area contributed by atoms with Crippen LogP contribution in [0.3, 0.4) is 0 Å². The van der Waals surface area contributed by atoms with E-state index in [1.54, 1.807) is 0 Å². The summed E-state index contributed by atoms with van der Waals surface area (Å²) in [6, 6.07) is 0.721. The van der Waals surface area contributed by atoms with Gasteiger partial charge in [0.1, 0.15) is 0 Å². The van der Waals surface area contributed by atoms with Crippen molar-refractivity contribution >= 4 is 0 Å². The third-order valence-electron chi connectivity index (χ3n) is 4.14. The zero-order chi connectivity index (χ0) is 10.7. The second-order valence-electron chi connectivity index (χ2n) is 5.37. The average molecular weight is 211 g/mol. The van der Waals surface area contributed by atoms with Crippen LogP contribution in [0, 0.1) is 11.8 Å². The Labute approximate surface area is 93.5 Å². The number of hydrogen-bond donors (Lipinski definition) is 2. The van der Waals surface area contributed by atoms with E-state index in [4.69, 9.17) is 0 Å². The molecule has 2 saturated carbocycles. The van der Waals surface area contributed by atoms with Crippen LogP contribution in [-0.4, -0.2) is 23.8 Å². The number of nitrogens with one attached hydrogen (secondary N) is 1. The molecule has 2 rings (SSSR count). The van der Waals surface area contributed by atoms with Gasteiger partial charge in [0, 0.05) is 12.6 Å². The molecule has 15 heavy (non-hydrogen) atoms. The molecule has 0 aromatic carbocycles. The first-order valence-electron chi connectivity index (χ1n) is 6.72. The lowest BCUT2D eigenvalue weighted by Gasteiger charge is -2.29. The first-order chi connectivity index (χ1) is 7.31. The van der Waals surface area contributed by atoms with Gasteiger partial charge in [-0.2, -0.15) is 0 Å². The molecule has 0 saturated heterocycles. The summed E-state index contributed by atoms with van der Waals surface area (Å²) in [5.41, 5.74) is 0. The molecule has 0 aliphatic heterocycles. The average Bonchev–Trinajstić information content (AvgIpc) is 3.06. The summed E-state index contributed by atoms with van der Waals surface area (Å²) in [4.78, 5) is 0. The molecule has 88 valence electrons. The van der Waals surface area contributed by atoms with Gasteiger partial charge in [-0.25, -0.2) is 0 Å². The molecule has 2 aliphatic rings. The SMILES string of the molecule is CCC(NCC1CCCCC1O)C1CC1. The van der Waals surface area contributed by atoms with E-state index in [1.807, 2.05) is 0 Å². The molecule has 3 unspecified atom stereocenters. The van der Waals surface area contributed by atoms with E-state index in [1.165, 1.54) is 38.5 Å². The molecule has 3 atom stereocenters. The third-order valence-corrected chi connectivity index (χ3v) is 4.14. The van der Waals surface area contributed by atoms with Crippen LogP contribution in [0.4, 0.5) is 0 Å². The Morgan fingerprint density at radius 3 is 2.53 bits per heavy atom. The predicted molar refractivity (Wildman–Crippen MR) is 62.8 cm³/mol. The Kier molecular flexibility index (Phi) is 4.04. The number of aliphatic hydroxyl groups excluding tert-OH is 1. The second-order valence-corrected chi connectivity index (χ2v) is 5.37. The fourth-order valence-corrected chi connectivity index (χ4v) is 2.87. The Morgan fingerprint density at radius 2 is 1.93 bits per heavy atom. The quantitative estimate of drug-likeness (QED) is 0.731. The van der Waals surface area contributed by atoms with Crippen LogP contribution < -0.4 is 5.32 Å². The van der Waals surface area contributed by atoms with E-state index >= 15 is 0 Å². The maximum Gasteiger partial charge on any atom is 0.0580 e. The first-order valence-corrected chi connectivity index (χ1v) is 6.72.